The Hall–Kier alpha value is -1.79. The quantitative estimate of drug-likeness (QED) is 0.446. The predicted octanol–water partition coefficient (Wildman–Crippen LogP) is 4.82. The molecule has 0 aliphatic carbocycles. The SMILES string of the molecule is c1ccc(P(=NS2=NSN=S=N2)(c2ccccc2)c2ccccc2)cc1. The molecule has 0 saturated carbocycles. The topological polar surface area (TPSA) is 49.4 Å². The average molecular weight is 415 g/mol. The summed E-state index contributed by atoms with van der Waals surface area (Å²) in [5.74, 6) is 0. The third kappa shape index (κ3) is 3.53. The van der Waals surface area contributed by atoms with Crippen molar-refractivity contribution in [3.63, 3.8) is 0 Å². The van der Waals surface area contributed by atoms with Gasteiger partial charge < -0.3 is 0 Å². The van der Waals surface area contributed by atoms with Gasteiger partial charge in [0.05, 0.1) is 18.4 Å². The van der Waals surface area contributed by atoms with Gasteiger partial charge in [-0.3, -0.25) is 0 Å². The first kappa shape index (κ1) is 17.6. The fourth-order valence-corrected chi connectivity index (χ4v) is 9.92. The molecule has 0 amide bonds. The fourth-order valence-electron chi connectivity index (χ4n) is 2.77. The number of nitrogens with zero attached hydrogens (tertiary/aromatic N) is 4. The van der Waals surface area contributed by atoms with Crippen molar-refractivity contribution in [2.24, 2.45) is 15.5 Å². The lowest BCUT2D eigenvalue weighted by molar-refractivity contribution is 1.70. The van der Waals surface area contributed by atoms with E-state index in [2.05, 4.69) is 84.1 Å². The highest BCUT2D eigenvalue weighted by atomic mass is 32.3. The van der Waals surface area contributed by atoms with Crippen LogP contribution in [0.1, 0.15) is 0 Å². The first-order valence-electron chi connectivity index (χ1n) is 7.88. The molecule has 0 N–H and O–H groups in total. The van der Waals surface area contributed by atoms with Crippen LogP contribution in [0.5, 0.6) is 0 Å². The summed E-state index contributed by atoms with van der Waals surface area (Å²) in [5.41, 5.74) is 0. The van der Waals surface area contributed by atoms with Crippen LogP contribution in [0.2, 0.25) is 0 Å². The molecular formula is C18H15N4PS3. The van der Waals surface area contributed by atoms with Gasteiger partial charge in [0.1, 0.15) is 12.1 Å². The molecule has 4 nitrogen and oxygen atoms in total. The predicted molar refractivity (Wildman–Crippen MR) is 117 cm³/mol. The summed E-state index contributed by atoms with van der Waals surface area (Å²) in [4.78, 5) is 0. The van der Waals surface area contributed by atoms with E-state index in [4.69, 9.17) is 4.15 Å². The molecule has 1 aliphatic rings. The van der Waals surface area contributed by atoms with Gasteiger partial charge in [-0.15, -0.1) is 11.3 Å². The zero-order valence-corrected chi connectivity index (χ0v) is 17.0. The third-order valence-corrected chi connectivity index (χ3v) is 10.7. The molecule has 1 heterocycles. The van der Waals surface area contributed by atoms with Gasteiger partial charge in [-0.2, -0.15) is 4.15 Å². The number of hydrogen-bond acceptors (Lipinski definition) is 5. The van der Waals surface area contributed by atoms with E-state index < -0.39 is 18.1 Å². The zero-order chi connectivity index (χ0) is 17.7. The van der Waals surface area contributed by atoms with Crippen LogP contribution in [0, 0.1) is 0 Å². The maximum atomic E-state index is 5.28. The summed E-state index contributed by atoms with van der Waals surface area (Å²) in [7, 11) is -2.24. The van der Waals surface area contributed by atoms with Crippen LogP contribution in [0.4, 0.5) is 0 Å². The molecule has 0 bridgehead atoms. The van der Waals surface area contributed by atoms with E-state index in [1.807, 2.05) is 18.2 Å². The second kappa shape index (κ2) is 8.27. The molecule has 26 heavy (non-hydrogen) atoms. The third-order valence-electron chi connectivity index (χ3n) is 3.85. The minimum absolute atomic E-state index is 0.759. The van der Waals surface area contributed by atoms with Crippen LogP contribution in [0.3, 0.4) is 0 Å². The van der Waals surface area contributed by atoms with E-state index in [0.717, 1.165) is 0 Å². The Morgan fingerprint density at radius 1 is 0.692 bits per heavy atom. The number of rotatable bonds is 4. The van der Waals surface area contributed by atoms with E-state index in [-0.39, 0.29) is 0 Å². The molecule has 8 heteroatoms. The molecule has 130 valence electrons. The number of hydrogen-bond donors (Lipinski definition) is 0. The van der Waals surface area contributed by atoms with E-state index in [0.29, 0.717) is 0 Å². The molecule has 0 saturated heterocycles. The largest absolute Gasteiger partial charge is 0.190 e. The average Bonchev–Trinajstić information content (AvgIpc) is 2.75. The van der Waals surface area contributed by atoms with Crippen molar-refractivity contribution >= 4 is 57.5 Å². The Bertz CT molecular complexity index is 944. The van der Waals surface area contributed by atoms with Crippen LogP contribution < -0.4 is 15.9 Å². The van der Waals surface area contributed by atoms with Crippen molar-refractivity contribution < 1.29 is 0 Å². The zero-order valence-electron chi connectivity index (χ0n) is 13.6. The Balaban J connectivity index is 2.11. The van der Waals surface area contributed by atoms with Gasteiger partial charge in [0.15, 0.2) is 11.1 Å². The number of benzene rings is 3. The van der Waals surface area contributed by atoms with Crippen molar-refractivity contribution in [1.29, 1.82) is 0 Å². The van der Waals surface area contributed by atoms with Crippen molar-refractivity contribution in [3.8, 4) is 0 Å². The molecule has 0 spiro atoms. The maximum absolute atomic E-state index is 5.28. The minimum Gasteiger partial charge on any atom is -0.190 e. The second-order valence-corrected chi connectivity index (χ2v) is 11.4. The van der Waals surface area contributed by atoms with Gasteiger partial charge in [-0.25, -0.2) is 0 Å². The summed E-state index contributed by atoms with van der Waals surface area (Å²) in [6, 6.07) is 31.5. The Kier molecular flexibility index (Phi) is 5.60. The van der Waals surface area contributed by atoms with Gasteiger partial charge in [0.2, 0.25) is 0 Å². The molecule has 0 radical (unpaired) electrons. The van der Waals surface area contributed by atoms with Crippen LogP contribution in [-0.2, 0) is 22.4 Å². The molecule has 1 aliphatic heterocycles. The van der Waals surface area contributed by atoms with Crippen molar-refractivity contribution in [2.75, 3.05) is 0 Å². The summed E-state index contributed by atoms with van der Waals surface area (Å²) in [6.45, 7) is 0. The lowest BCUT2D eigenvalue weighted by Crippen LogP contribution is -2.25. The summed E-state index contributed by atoms with van der Waals surface area (Å²) in [6.07, 6.45) is 0. The van der Waals surface area contributed by atoms with Gasteiger partial charge >= 0.3 is 0 Å². The lowest BCUT2D eigenvalue weighted by atomic mass is 10.4. The van der Waals surface area contributed by atoms with Crippen molar-refractivity contribution in [1.82, 2.24) is 0 Å². The monoisotopic (exact) mass is 414 g/mol. The first-order chi connectivity index (χ1) is 12.9. The van der Waals surface area contributed by atoms with E-state index in [1.165, 1.54) is 39.4 Å². The molecule has 3 aromatic carbocycles. The Morgan fingerprint density at radius 3 is 1.54 bits per heavy atom. The first-order valence-corrected chi connectivity index (χ1v) is 12.2. The molecule has 1 atom stereocenters. The van der Waals surface area contributed by atoms with Gasteiger partial charge in [0, 0.05) is 15.9 Å². The van der Waals surface area contributed by atoms with E-state index in [1.54, 1.807) is 0 Å². The highest BCUT2D eigenvalue weighted by Gasteiger charge is 2.28. The van der Waals surface area contributed by atoms with Crippen LogP contribution in [0.25, 0.3) is 0 Å². The molecule has 0 aromatic heterocycles. The smallest absolute Gasteiger partial charge is 0.165 e. The lowest BCUT2D eigenvalue weighted by Gasteiger charge is -2.26. The molecule has 1 unspecified atom stereocenters. The summed E-state index contributed by atoms with van der Waals surface area (Å²) < 4.78 is 18.2. The van der Waals surface area contributed by atoms with Gasteiger partial charge in [-0.05, 0) is 0 Å². The molecule has 4 rings (SSSR count). The maximum Gasteiger partial charge on any atom is 0.165 e. The summed E-state index contributed by atoms with van der Waals surface area (Å²) >= 11 is 1.61. The van der Waals surface area contributed by atoms with E-state index >= 15 is 0 Å². The van der Waals surface area contributed by atoms with E-state index in [9.17, 15) is 0 Å². The van der Waals surface area contributed by atoms with Gasteiger partial charge in [0.25, 0.3) is 0 Å². The molecule has 0 fully saturated rings. The Labute approximate surface area is 163 Å². The fraction of sp³-hybridized carbons (Fsp3) is 0. The Morgan fingerprint density at radius 2 is 1.15 bits per heavy atom. The molecular weight excluding hydrogens is 399 g/mol. The van der Waals surface area contributed by atoms with Crippen LogP contribution >= 0.6 is 19.2 Å². The van der Waals surface area contributed by atoms with Crippen LogP contribution in [-0.4, -0.2) is 0 Å². The standard InChI is InChI=1S/C18H15N4PS3/c1-4-10-16(11-5-1)23(17-12-6-2-7-13-17,18-14-8-3-9-15-18)19-26-21-24-20-25-22-26/h1-15H. The minimum atomic E-state index is -2.24. The highest BCUT2D eigenvalue weighted by molar-refractivity contribution is 8.09. The van der Waals surface area contributed by atoms with Crippen molar-refractivity contribution in [2.45, 2.75) is 0 Å². The second-order valence-electron chi connectivity index (χ2n) is 5.36. The summed E-state index contributed by atoms with van der Waals surface area (Å²) in [5, 5.41) is 3.61. The van der Waals surface area contributed by atoms with Crippen LogP contribution in [0.15, 0.2) is 106 Å². The molecule has 3 aromatic rings. The normalized spacial score (nSPS) is 16.4. The highest BCUT2D eigenvalue weighted by Crippen LogP contribution is 2.47. The van der Waals surface area contributed by atoms with Gasteiger partial charge in [-0.1, -0.05) is 91.0 Å². The van der Waals surface area contributed by atoms with Crippen molar-refractivity contribution in [3.05, 3.63) is 91.0 Å².